The topological polar surface area (TPSA) is 59.1 Å². The third-order valence-corrected chi connectivity index (χ3v) is 3.21. The monoisotopic (exact) mass is 316 g/mol. The van der Waals surface area contributed by atoms with Gasteiger partial charge in [0.15, 0.2) is 0 Å². The highest BCUT2D eigenvalue weighted by Crippen LogP contribution is 2.36. The van der Waals surface area contributed by atoms with E-state index in [0.29, 0.717) is 19.3 Å². The van der Waals surface area contributed by atoms with Crippen LogP contribution in [0.2, 0.25) is 0 Å². The van der Waals surface area contributed by atoms with Gasteiger partial charge in [-0.3, -0.25) is 0 Å². The minimum atomic E-state index is -4.58. The largest absolute Gasteiger partial charge is 0.478 e. The Morgan fingerprint density at radius 1 is 1.55 bits per heavy atom. The zero-order valence-corrected chi connectivity index (χ0v) is 11.8. The summed E-state index contributed by atoms with van der Waals surface area (Å²) in [5, 5.41) is 8.67. The van der Waals surface area contributed by atoms with Gasteiger partial charge < -0.3 is 14.6 Å². The molecule has 4 nitrogen and oxygen atoms in total. The molecule has 1 saturated heterocycles. The molecule has 1 heterocycles. The number of alkyl halides is 3. The lowest BCUT2D eigenvalue weighted by Gasteiger charge is -2.19. The molecule has 7 heteroatoms. The lowest BCUT2D eigenvalue weighted by molar-refractivity contribution is -0.138. The van der Waals surface area contributed by atoms with E-state index in [1.165, 1.54) is 12.1 Å². The van der Waals surface area contributed by atoms with Crippen molar-refractivity contribution in [2.45, 2.75) is 25.3 Å². The molecule has 0 radical (unpaired) electrons. The third kappa shape index (κ3) is 4.32. The van der Waals surface area contributed by atoms with Crippen LogP contribution in [0.4, 0.5) is 13.2 Å². The van der Waals surface area contributed by atoms with Gasteiger partial charge in [0.25, 0.3) is 0 Å². The molecule has 1 aromatic carbocycles. The normalized spacial score (nSPS) is 19.4. The minimum absolute atomic E-state index is 0.00809. The molecule has 1 N–H and O–H groups in total. The molecule has 1 aromatic rings. The Bertz CT molecular complexity index is 577. The fourth-order valence-electron chi connectivity index (χ4n) is 2.03. The van der Waals surface area contributed by atoms with Crippen LogP contribution in [-0.4, -0.2) is 30.4 Å². The van der Waals surface area contributed by atoms with Crippen molar-refractivity contribution in [3.8, 4) is 0 Å². The molecular formula is C15H15F3O4. The zero-order chi connectivity index (χ0) is 16.3. The lowest BCUT2D eigenvalue weighted by atomic mass is 9.96. The maximum atomic E-state index is 13.1. The number of hydrogen-bond acceptors (Lipinski definition) is 3. The van der Waals surface area contributed by atoms with Crippen LogP contribution in [0.25, 0.3) is 6.08 Å². The highest BCUT2D eigenvalue weighted by atomic mass is 19.4. The Hall–Kier alpha value is -1.86. The van der Waals surface area contributed by atoms with E-state index in [-0.39, 0.29) is 17.2 Å². The lowest BCUT2D eigenvalue weighted by Crippen LogP contribution is -2.13. The molecule has 22 heavy (non-hydrogen) atoms. The molecule has 0 aromatic heterocycles. The van der Waals surface area contributed by atoms with Gasteiger partial charge in [-0.15, -0.1) is 0 Å². The van der Waals surface area contributed by atoms with Crippen LogP contribution in [-0.2, 0) is 20.4 Å². The van der Waals surface area contributed by atoms with Crippen molar-refractivity contribution in [3.63, 3.8) is 0 Å². The number of halogens is 3. The molecule has 0 spiro atoms. The van der Waals surface area contributed by atoms with E-state index >= 15 is 0 Å². The Kier molecular flexibility index (Phi) is 4.87. The van der Waals surface area contributed by atoms with Crippen LogP contribution >= 0.6 is 0 Å². The van der Waals surface area contributed by atoms with Gasteiger partial charge in [-0.25, -0.2) is 4.79 Å². The van der Waals surface area contributed by atoms with Crippen LogP contribution in [0, 0.1) is 0 Å². The fourth-order valence-corrected chi connectivity index (χ4v) is 2.03. The summed E-state index contributed by atoms with van der Waals surface area (Å²) in [5.41, 5.74) is -0.796. The van der Waals surface area contributed by atoms with Crippen molar-refractivity contribution in [1.29, 1.82) is 0 Å². The first kappa shape index (κ1) is 16.5. The molecule has 0 amide bonds. The van der Waals surface area contributed by atoms with Gasteiger partial charge in [0, 0.05) is 6.08 Å². The number of benzene rings is 1. The van der Waals surface area contributed by atoms with Crippen molar-refractivity contribution in [1.82, 2.24) is 0 Å². The fraction of sp³-hybridized carbons (Fsp3) is 0.400. The van der Waals surface area contributed by atoms with E-state index in [4.69, 9.17) is 14.6 Å². The summed E-state index contributed by atoms with van der Waals surface area (Å²) < 4.78 is 49.8. The number of carboxylic acid groups (broad SMARTS) is 1. The second-order valence-corrected chi connectivity index (χ2v) is 4.91. The van der Waals surface area contributed by atoms with Gasteiger partial charge in [-0.2, -0.15) is 13.2 Å². The number of hydrogen-bond donors (Lipinski definition) is 1. The Labute approximate surface area is 125 Å². The van der Waals surface area contributed by atoms with Crippen LogP contribution in [0.15, 0.2) is 24.3 Å². The van der Waals surface area contributed by atoms with Gasteiger partial charge in [-0.05, 0) is 30.2 Å². The van der Waals surface area contributed by atoms with Crippen LogP contribution in [0.1, 0.15) is 29.7 Å². The van der Waals surface area contributed by atoms with Crippen molar-refractivity contribution in [3.05, 3.63) is 41.0 Å². The average molecular weight is 316 g/mol. The number of aliphatic carboxylic acids is 1. The van der Waals surface area contributed by atoms with Gasteiger partial charge in [0.05, 0.1) is 24.9 Å². The van der Waals surface area contributed by atoms with Crippen LogP contribution < -0.4 is 0 Å². The second-order valence-electron chi connectivity index (χ2n) is 4.91. The van der Waals surface area contributed by atoms with E-state index in [2.05, 4.69) is 0 Å². The van der Waals surface area contributed by atoms with Gasteiger partial charge in [-0.1, -0.05) is 12.1 Å². The number of ether oxygens (including phenoxy) is 2. The van der Waals surface area contributed by atoms with E-state index in [1.807, 2.05) is 0 Å². The highest BCUT2D eigenvalue weighted by Gasteiger charge is 2.34. The summed E-state index contributed by atoms with van der Waals surface area (Å²) in [6.07, 6.45) is -3.56. The summed E-state index contributed by atoms with van der Waals surface area (Å²) in [6, 6.07) is 3.70. The SMILES string of the molecule is C[C@@H](OC[C@H]1CO1)c1cccc(C(F)(F)F)c1/C=C/C(=O)O. The Balaban J connectivity index is 2.35. The summed E-state index contributed by atoms with van der Waals surface area (Å²) >= 11 is 0. The van der Waals surface area contributed by atoms with Gasteiger partial charge >= 0.3 is 12.1 Å². The van der Waals surface area contributed by atoms with Crippen molar-refractivity contribution in [2.24, 2.45) is 0 Å². The number of rotatable bonds is 6. The summed E-state index contributed by atoms with van der Waals surface area (Å²) in [6.45, 7) is 2.50. The first-order valence-electron chi connectivity index (χ1n) is 6.63. The molecule has 0 saturated carbocycles. The predicted octanol–water partition coefficient (Wildman–Crippen LogP) is 3.28. The second kappa shape index (κ2) is 6.50. The van der Waals surface area contributed by atoms with E-state index < -0.39 is 23.8 Å². The maximum absolute atomic E-state index is 13.1. The summed E-state index contributed by atoms with van der Waals surface area (Å²) in [5.74, 6) is -1.32. The molecular weight excluding hydrogens is 301 g/mol. The standard InChI is InChI=1S/C15H15F3O4/c1-9(21-7-10-8-22-10)11-3-2-4-13(15(16,17)18)12(11)5-6-14(19)20/h2-6,9-10H,7-8H2,1H3,(H,19,20)/b6-5+/t9-,10+/m1/s1. The van der Waals surface area contributed by atoms with E-state index in [9.17, 15) is 18.0 Å². The molecule has 1 aliphatic rings. The van der Waals surface area contributed by atoms with Crippen molar-refractivity contribution >= 4 is 12.0 Å². The first-order chi connectivity index (χ1) is 10.3. The van der Waals surface area contributed by atoms with E-state index in [1.54, 1.807) is 6.92 Å². The smallest absolute Gasteiger partial charge is 0.416 e. The summed E-state index contributed by atoms with van der Waals surface area (Å²) in [4.78, 5) is 10.6. The molecule has 2 atom stereocenters. The number of carbonyl (C=O) groups is 1. The predicted molar refractivity (Wildman–Crippen MR) is 72.2 cm³/mol. The highest BCUT2D eigenvalue weighted by molar-refractivity contribution is 5.86. The molecule has 2 rings (SSSR count). The van der Waals surface area contributed by atoms with E-state index in [0.717, 1.165) is 12.1 Å². The number of epoxide rings is 1. The molecule has 0 bridgehead atoms. The minimum Gasteiger partial charge on any atom is -0.478 e. The van der Waals surface area contributed by atoms with Crippen molar-refractivity contribution < 1.29 is 32.5 Å². The Morgan fingerprint density at radius 2 is 2.23 bits per heavy atom. The maximum Gasteiger partial charge on any atom is 0.416 e. The van der Waals surface area contributed by atoms with Crippen molar-refractivity contribution in [2.75, 3.05) is 13.2 Å². The molecule has 1 aliphatic heterocycles. The Morgan fingerprint density at radius 3 is 2.77 bits per heavy atom. The molecule has 1 fully saturated rings. The molecule has 0 unspecified atom stereocenters. The van der Waals surface area contributed by atoms with Crippen LogP contribution in [0.3, 0.4) is 0 Å². The van der Waals surface area contributed by atoms with Gasteiger partial charge in [0.2, 0.25) is 0 Å². The van der Waals surface area contributed by atoms with Gasteiger partial charge in [0.1, 0.15) is 6.10 Å². The first-order valence-corrected chi connectivity index (χ1v) is 6.63. The van der Waals surface area contributed by atoms with Crippen LogP contribution in [0.5, 0.6) is 0 Å². The average Bonchev–Trinajstić information content (AvgIpc) is 3.25. The summed E-state index contributed by atoms with van der Waals surface area (Å²) in [7, 11) is 0. The molecule has 120 valence electrons. The zero-order valence-electron chi connectivity index (χ0n) is 11.8. The molecule has 0 aliphatic carbocycles. The quantitative estimate of drug-likeness (QED) is 0.646. The number of carboxylic acids is 1. The third-order valence-electron chi connectivity index (χ3n) is 3.21.